The van der Waals surface area contributed by atoms with Crippen molar-refractivity contribution in [3.8, 4) is 5.75 Å². The number of carbonyl (C=O) groups excluding carboxylic acids is 2. The van der Waals surface area contributed by atoms with Crippen molar-refractivity contribution in [1.29, 1.82) is 0 Å². The number of nitrogens with two attached hydrogens (primary N) is 1. The minimum absolute atomic E-state index is 0.103. The molecule has 3 N–H and O–H groups in total. The number of hydrogen-bond donors (Lipinski definition) is 2. The number of hydrogen-bond acceptors (Lipinski definition) is 3. The molecule has 0 bridgehead atoms. The van der Waals surface area contributed by atoms with E-state index in [1.165, 1.54) is 5.56 Å². The second kappa shape index (κ2) is 7.68. The smallest absolute Gasteiger partial charge is 0.317 e. The lowest BCUT2D eigenvalue weighted by Crippen LogP contribution is -2.47. The molecule has 0 radical (unpaired) electrons. The molecule has 3 amide bonds. The van der Waals surface area contributed by atoms with Crippen molar-refractivity contribution >= 4 is 11.9 Å². The van der Waals surface area contributed by atoms with Crippen LogP contribution in [0.15, 0.2) is 24.3 Å². The molecule has 0 unspecified atom stereocenters. The Morgan fingerprint density at radius 1 is 1.27 bits per heavy atom. The summed E-state index contributed by atoms with van der Waals surface area (Å²) in [6.45, 7) is 4.02. The molecule has 1 aromatic carbocycles. The van der Waals surface area contributed by atoms with Gasteiger partial charge in [-0.15, -0.1) is 0 Å². The highest BCUT2D eigenvalue weighted by atomic mass is 16.5. The molecule has 0 atom stereocenters. The van der Waals surface area contributed by atoms with Crippen molar-refractivity contribution in [2.24, 2.45) is 11.7 Å². The highest BCUT2D eigenvalue weighted by Gasteiger charge is 2.25. The highest BCUT2D eigenvalue weighted by molar-refractivity contribution is 5.78. The summed E-state index contributed by atoms with van der Waals surface area (Å²) in [6, 6.07) is 7.67. The summed E-state index contributed by atoms with van der Waals surface area (Å²) in [5.74, 6) is 0.419. The number of likely N-dealkylation sites (tertiary alicyclic amines) is 1. The summed E-state index contributed by atoms with van der Waals surface area (Å²) in [4.78, 5) is 24.8. The standard InChI is InChI=1S/C16H23N3O3/c1-12-2-4-14(5-3-12)22-11-8-18-16(21)19-9-6-13(7-10-19)15(17)20/h2-5,13H,6-11H2,1H3,(H2,17,20)(H,18,21). The van der Waals surface area contributed by atoms with Gasteiger partial charge in [-0.05, 0) is 31.9 Å². The Hall–Kier alpha value is -2.24. The largest absolute Gasteiger partial charge is 0.492 e. The fraction of sp³-hybridized carbons (Fsp3) is 0.500. The van der Waals surface area contributed by atoms with Gasteiger partial charge in [0.1, 0.15) is 12.4 Å². The van der Waals surface area contributed by atoms with Gasteiger partial charge < -0.3 is 20.7 Å². The van der Waals surface area contributed by atoms with Crippen LogP contribution in [0.3, 0.4) is 0 Å². The van der Waals surface area contributed by atoms with Gasteiger partial charge in [-0.3, -0.25) is 4.79 Å². The predicted molar refractivity (Wildman–Crippen MR) is 83.6 cm³/mol. The SMILES string of the molecule is Cc1ccc(OCCNC(=O)N2CCC(C(N)=O)CC2)cc1. The van der Waals surface area contributed by atoms with Crippen LogP contribution in [0.25, 0.3) is 0 Å². The van der Waals surface area contributed by atoms with Crippen molar-refractivity contribution in [2.75, 3.05) is 26.2 Å². The van der Waals surface area contributed by atoms with E-state index in [1.807, 2.05) is 31.2 Å². The molecule has 0 spiro atoms. The van der Waals surface area contributed by atoms with Crippen LogP contribution in [0.5, 0.6) is 5.75 Å². The van der Waals surface area contributed by atoms with E-state index < -0.39 is 0 Å². The van der Waals surface area contributed by atoms with Crippen molar-refractivity contribution in [1.82, 2.24) is 10.2 Å². The third-order valence-electron chi connectivity index (χ3n) is 3.85. The third-order valence-corrected chi connectivity index (χ3v) is 3.85. The Balaban J connectivity index is 1.64. The van der Waals surface area contributed by atoms with E-state index in [-0.39, 0.29) is 17.9 Å². The first-order chi connectivity index (χ1) is 10.6. The molecule has 6 heteroatoms. The van der Waals surface area contributed by atoms with E-state index >= 15 is 0 Å². The topological polar surface area (TPSA) is 84.7 Å². The second-order valence-corrected chi connectivity index (χ2v) is 5.56. The molecule has 1 heterocycles. The molecule has 1 aromatic rings. The van der Waals surface area contributed by atoms with E-state index in [9.17, 15) is 9.59 Å². The normalized spacial score (nSPS) is 15.4. The molecule has 1 aliphatic rings. The molecule has 0 aliphatic carbocycles. The van der Waals surface area contributed by atoms with Crippen LogP contribution in [0.2, 0.25) is 0 Å². The average Bonchev–Trinajstić information content (AvgIpc) is 2.53. The molecule has 120 valence electrons. The van der Waals surface area contributed by atoms with Gasteiger partial charge >= 0.3 is 6.03 Å². The number of primary amides is 1. The molecule has 22 heavy (non-hydrogen) atoms. The Morgan fingerprint density at radius 3 is 2.50 bits per heavy atom. The van der Waals surface area contributed by atoms with Gasteiger partial charge in [0.15, 0.2) is 0 Å². The molecule has 6 nitrogen and oxygen atoms in total. The zero-order chi connectivity index (χ0) is 15.9. The number of amides is 3. The van der Waals surface area contributed by atoms with Gasteiger partial charge in [0, 0.05) is 19.0 Å². The fourth-order valence-electron chi connectivity index (χ4n) is 2.44. The lowest BCUT2D eigenvalue weighted by Gasteiger charge is -2.30. The summed E-state index contributed by atoms with van der Waals surface area (Å²) < 4.78 is 5.55. The molecule has 2 rings (SSSR count). The van der Waals surface area contributed by atoms with Crippen molar-refractivity contribution < 1.29 is 14.3 Å². The lowest BCUT2D eigenvalue weighted by molar-refractivity contribution is -0.123. The van der Waals surface area contributed by atoms with Crippen molar-refractivity contribution in [3.05, 3.63) is 29.8 Å². The monoisotopic (exact) mass is 305 g/mol. The molecule has 1 aliphatic heterocycles. The maximum absolute atomic E-state index is 12.0. The van der Waals surface area contributed by atoms with Gasteiger partial charge in [0.05, 0.1) is 6.54 Å². The third kappa shape index (κ3) is 4.65. The van der Waals surface area contributed by atoms with Crippen LogP contribution in [-0.2, 0) is 4.79 Å². The van der Waals surface area contributed by atoms with Crippen LogP contribution in [0.4, 0.5) is 4.79 Å². The van der Waals surface area contributed by atoms with Crippen LogP contribution >= 0.6 is 0 Å². The van der Waals surface area contributed by atoms with E-state index in [1.54, 1.807) is 4.90 Å². The highest BCUT2D eigenvalue weighted by Crippen LogP contribution is 2.16. The zero-order valence-corrected chi connectivity index (χ0v) is 12.9. The van der Waals surface area contributed by atoms with E-state index in [4.69, 9.17) is 10.5 Å². The Labute approximate surface area is 130 Å². The minimum atomic E-state index is -0.272. The summed E-state index contributed by atoms with van der Waals surface area (Å²) in [7, 11) is 0. The first-order valence-corrected chi connectivity index (χ1v) is 7.58. The van der Waals surface area contributed by atoms with Crippen LogP contribution in [-0.4, -0.2) is 43.1 Å². The summed E-state index contributed by atoms with van der Waals surface area (Å²) in [5.41, 5.74) is 6.46. The summed E-state index contributed by atoms with van der Waals surface area (Å²) in [6.07, 6.45) is 1.28. The van der Waals surface area contributed by atoms with Gasteiger partial charge in [-0.2, -0.15) is 0 Å². The van der Waals surface area contributed by atoms with Crippen LogP contribution in [0, 0.1) is 12.8 Å². The first-order valence-electron chi connectivity index (χ1n) is 7.58. The summed E-state index contributed by atoms with van der Waals surface area (Å²) in [5, 5.41) is 2.82. The number of urea groups is 1. The number of piperidine rings is 1. The predicted octanol–water partition coefficient (Wildman–Crippen LogP) is 1.28. The Bertz CT molecular complexity index is 508. The number of nitrogens with zero attached hydrogens (tertiary/aromatic N) is 1. The number of rotatable bonds is 5. The molecule has 1 saturated heterocycles. The lowest BCUT2D eigenvalue weighted by atomic mass is 9.96. The number of benzene rings is 1. The zero-order valence-electron chi connectivity index (χ0n) is 12.9. The van der Waals surface area contributed by atoms with Gasteiger partial charge in [0.25, 0.3) is 0 Å². The Kier molecular flexibility index (Phi) is 5.63. The molecule has 0 saturated carbocycles. The summed E-state index contributed by atoms with van der Waals surface area (Å²) >= 11 is 0. The van der Waals surface area contributed by atoms with Gasteiger partial charge in [0.2, 0.25) is 5.91 Å². The van der Waals surface area contributed by atoms with E-state index in [0.29, 0.717) is 39.1 Å². The molecular weight excluding hydrogens is 282 g/mol. The maximum atomic E-state index is 12.0. The quantitative estimate of drug-likeness (QED) is 0.804. The number of ether oxygens (including phenoxy) is 1. The minimum Gasteiger partial charge on any atom is -0.492 e. The van der Waals surface area contributed by atoms with E-state index in [2.05, 4.69) is 5.32 Å². The van der Waals surface area contributed by atoms with Crippen LogP contribution < -0.4 is 15.8 Å². The average molecular weight is 305 g/mol. The van der Waals surface area contributed by atoms with Crippen LogP contribution in [0.1, 0.15) is 18.4 Å². The number of carbonyl (C=O) groups is 2. The molecule has 0 aromatic heterocycles. The Morgan fingerprint density at radius 2 is 1.91 bits per heavy atom. The first kappa shape index (κ1) is 16.1. The maximum Gasteiger partial charge on any atom is 0.317 e. The van der Waals surface area contributed by atoms with Crippen molar-refractivity contribution in [2.45, 2.75) is 19.8 Å². The second-order valence-electron chi connectivity index (χ2n) is 5.56. The number of nitrogens with one attached hydrogen (secondary N) is 1. The fourth-order valence-corrected chi connectivity index (χ4v) is 2.44. The van der Waals surface area contributed by atoms with Gasteiger partial charge in [-0.1, -0.05) is 17.7 Å². The van der Waals surface area contributed by atoms with E-state index in [0.717, 1.165) is 5.75 Å². The molecular formula is C16H23N3O3. The van der Waals surface area contributed by atoms with Crippen molar-refractivity contribution in [3.63, 3.8) is 0 Å². The molecule has 1 fully saturated rings. The van der Waals surface area contributed by atoms with Gasteiger partial charge in [-0.25, -0.2) is 4.79 Å². The number of aryl methyl sites for hydroxylation is 1.